The summed E-state index contributed by atoms with van der Waals surface area (Å²) in [7, 11) is 0. The molecule has 0 aromatic carbocycles. The quantitative estimate of drug-likeness (QED) is 0.700. The first-order chi connectivity index (χ1) is 5.51. The van der Waals surface area contributed by atoms with E-state index in [1.54, 1.807) is 0 Å². The lowest BCUT2D eigenvalue weighted by Crippen LogP contribution is -2.47. The van der Waals surface area contributed by atoms with E-state index in [1.165, 1.54) is 12.8 Å². The van der Waals surface area contributed by atoms with Gasteiger partial charge in [0, 0.05) is 6.04 Å². The molecule has 0 unspecified atom stereocenters. The number of rotatable bonds is 3. The van der Waals surface area contributed by atoms with Gasteiger partial charge in [-0.25, -0.2) is 0 Å². The lowest BCUT2D eigenvalue weighted by atomic mass is 9.88. The standard InChI is InChI=1S/C10H21NO/c1-5-11-8-6-9(7-8)12-10(2,3)4/h8-9,11H,5-7H2,1-4H3. The molecule has 1 aliphatic carbocycles. The third kappa shape index (κ3) is 3.11. The fourth-order valence-corrected chi connectivity index (χ4v) is 1.62. The van der Waals surface area contributed by atoms with Crippen LogP contribution in [0.2, 0.25) is 0 Å². The van der Waals surface area contributed by atoms with E-state index >= 15 is 0 Å². The highest BCUT2D eigenvalue weighted by Gasteiger charge is 2.31. The van der Waals surface area contributed by atoms with Crippen molar-refractivity contribution in [1.82, 2.24) is 5.32 Å². The Kier molecular flexibility index (Phi) is 3.13. The van der Waals surface area contributed by atoms with Crippen molar-refractivity contribution >= 4 is 0 Å². The Morgan fingerprint density at radius 2 is 1.92 bits per heavy atom. The summed E-state index contributed by atoms with van der Waals surface area (Å²) < 4.78 is 5.81. The normalized spacial score (nSPS) is 30.0. The molecule has 2 nitrogen and oxygen atoms in total. The van der Waals surface area contributed by atoms with Crippen LogP contribution in [0.5, 0.6) is 0 Å². The van der Waals surface area contributed by atoms with E-state index in [0.29, 0.717) is 12.1 Å². The van der Waals surface area contributed by atoms with Crippen LogP contribution < -0.4 is 5.32 Å². The van der Waals surface area contributed by atoms with Crippen LogP contribution in [-0.2, 0) is 4.74 Å². The summed E-state index contributed by atoms with van der Waals surface area (Å²) in [5.74, 6) is 0. The number of hydrogen-bond donors (Lipinski definition) is 1. The maximum absolute atomic E-state index is 5.81. The third-order valence-electron chi connectivity index (χ3n) is 2.11. The van der Waals surface area contributed by atoms with Crippen LogP contribution in [0.25, 0.3) is 0 Å². The molecule has 1 saturated carbocycles. The predicted molar refractivity (Wildman–Crippen MR) is 51.3 cm³/mol. The van der Waals surface area contributed by atoms with Crippen LogP contribution in [0.3, 0.4) is 0 Å². The second-order valence-corrected chi connectivity index (χ2v) is 4.58. The van der Waals surface area contributed by atoms with Crippen LogP contribution >= 0.6 is 0 Å². The predicted octanol–water partition coefficient (Wildman–Crippen LogP) is 1.94. The molecule has 0 radical (unpaired) electrons. The topological polar surface area (TPSA) is 21.3 Å². The Balaban J connectivity index is 2.10. The average molecular weight is 171 g/mol. The highest BCUT2D eigenvalue weighted by Crippen LogP contribution is 2.27. The molecule has 1 rings (SSSR count). The van der Waals surface area contributed by atoms with E-state index in [4.69, 9.17) is 4.74 Å². The molecule has 1 aliphatic rings. The molecule has 2 heteroatoms. The summed E-state index contributed by atoms with van der Waals surface area (Å²) in [5.41, 5.74) is 0.0296. The van der Waals surface area contributed by atoms with E-state index in [9.17, 15) is 0 Å². The second-order valence-electron chi connectivity index (χ2n) is 4.58. The molecule has 0 aromatic heterocycles. The molecule has 12 heavy (non-hydrogen) atoms. The molecule has 0 atom stereocenters. The van der Waals surface area contributed by atoms with E-state index in [2.05, 4.69) is 33.0 Å². The summed E-state index contributed by atoms with van der Waals surface area (Å²) in [6.07, 6.45) is 2.87. The first-order valence-electron chi connectivity index (χ1n) is 4.92. The van der Waals surface area contributed by atoms with Gasteiger partial charge >= 0.3 is 0 Å². The molecule has 1 fully saturated rings. The summed E-state index contributed by atoms with van der Waals surface area (Å²) in [6, 6.07) is 0.711. The van der Waals surface area contributed by atoms with Gasteiger partial charge in [-0.1, -0.05) is 6.92 Å². The summed E-state index contributed by atoms with van der Waals surface area (Å²) in [5, 5.41) is 3.42. The molecule has 1 N–H and O–H groups in total. The van der Waals surface area contributed by atoms with Gasteiger partial charge in [0.05, 0.1) is 11.7 Å². The fraction of sp³-hybridized carbons (Fsp3) is 1.00. The Labute approximate surface area is 75.7 Å². The highest BCUT2D eigenvalue weighted by atomic mass is 16.5. The molecule has 72 valence electrons. The van der Waals surface area contributed by atoms with E-state index in [0.717, 1.165) is 6.54 Å². The first-order valence-corrected chi connectivity index (χ1v) is 4.92. The highest BCUT2D eigenvalue weighted by molar-refractivity contribution is 4.87. The molecule has 0 heterocycles. The second kappa shape index (κ2) is 3.75. The van der Waals surface area contributed by atoms with Gasteiger partial charge < -0.3 is 10.1 Å². The number of nitrogens with one attached hydrogen (secondary N) is 1. The molecule has 0 aromatic rings. The lowest BCUT2D eigenvalue weighted by molar-refractivity contribution is -0.102. The average Bonchev–Trinajstić information content (AvgIpc) is 1.80. The molecule has 0 amide bonds. The Morgan fingerprint density at radius 3 is 2.33 bits per heavy atom. The van der Waals surface area contributed by atoms with Crippen molar-refractivity contribution in [3.05, 3.63) is 0 Å². The summed E-state index contributed by atoms with van der Waals surface area (Å²) in [4.78, 5) is 0. The summed E-state index contributed by atoms with van der Waals surface area (Å²) >= 11 is 0. The van der Waals surface area contributed by atoms with Crippen LogP contribution in [0.4, 0.5) is 0 Å². The van der Waals surface area contributed by atoms with Crippen molar-refractivity contribution in [2.75, 3.05) is 6.54 Å². The lowest BCUT2D eigenvalue weighted by Gasteiger charge is -2.39. The molecule has 0 bridgehead atoms. The van der Waals surface area contributed by atoms with Gasteiger partial charge in [0.25, 0.3) is 0 Å². The Morgan fingerprint density at radius 1 is 1.33 bits per heavy atom. The molecule has 0 spiro atoms. The largest absolute Gasteiger partial charge is 0.373 e. The number of ether oxygens (including phenoxy) is 1. The van der Waals surface area contributed by atoms with Crippen molar-refractivity contribution in [3.8, 4) is 0 Å². The zero-order valence-corrected chi connectivity index (χ0v) is 8.68. The molecule has 0 saturated heterocycles. The maximum atomic E-state index is 5.81. The van der Waals surface area contributed by atoms with Gasteiger partial charge in [-0.15, -0.1) is 0 Å². The van der Waals surface area contributed by atoms with Crippen molar-refractivity contribution in [2.45, 2.75) is 58.3 Å². The molecular formula is C10H21NO. The van der Waals surface area contributed by atoms with Crippen molar-refractivity contribution in [2.24, 2.45) is 0 Å². The van der Waals surface area contributed by atoms with Crippen LogP contribution in [0.1, 0.15) is 40.5 Å². The van der Waals surface area contributed by atoms with E-state index in [-0.39, 0.29) is 5.60 Å². The van der Waals surface area contributed by atoms with E-state index in [1.807, 2.05) is 0 Å². The van der Waals surface area contributed by atoms with Crippen molar-refractivity contribution in [3.63, 3.8) is 0 Å². The van der Waals surface area contributed by atoms with Gasteiger partial charge in [-0.2, -0.15) is 0 Å². The van der Waals surface area contributed by atoms with Gasteiger partial charge in [-0.3, -0.25) is 0 Å². The van der Waals surface area contributed by atoms with Crippen LogP contribution in [0.15, 0.2) is 0 Å². The monoisotopic (exact) mass is 171 g/mol. The minimum atomic E-state index is 0.0296. The molecule has 0 aliphatic heterocycles. The maximum Gasteiger partial charge on any atom is 0.0612 e. The number of hydrogen-bond acceptors (Lipinski definition) is 2. The SMILES string of the molecule is CCNC1CC(OC(C)(C)C)C1. The van der Waals surface area contributed by atoms with Gasteiger partial charge in [0.1, 0.15) is 0 Å². The molecular weight excluding hydrogens is 150 g/mol. The van der Waals surface area contributed by atoms with Crippen molar-refractivity contribution < 1.29 is 4.74 Å². The Bertz CT molecular complexity index is 133. The Hall–Kier alpha value is -0.0800. The van der Waals surface area contributed by atoms with Gasteiger partial charge in [0.15, 0.2) is 0 Å². The van der Waals surface area contributed by atoms with Crippen LogP contribution in [-0.4, -0.2) is 24.3 Å². The zero-order chi connectivity index (χ0) is 9.19. The smallest absolute Gasteiger partial charge is 0.0612 e. The minimum Gasteiger partial charge on any atom is -0.373 e. The third-order valence-corrected chi connectivity index (χ3v) is 2.11. The van der Waals surface area contributed by atoms with Gasteiger partial charge in [0.2, 0.25) is 0 Å². The first kappa shape index (κ1) is 10.0. The van der Waals surface area contributed by atoms with Crippen molar-refractivity contribution in [1.29, 1.82) is 0 Å². The summed E-state index contributed by atoms with van der Waals surface area (Å²) in [6.45, 7) is 9.58. The van der Waals surface area contributed by atoms with E-state index < -0.39 is 0 Å². The minimum absolute atomic E-state index is 0.0296. The van der Waals surface area contributed by atoms with Crippen LogP contribution in [0, 0.1) is 0 Å². The fourth-order valence-electron chi connectivity index (χ4n) is 1.62. The zero-order valence-electron chi connectivity index (χ0n) is 8.68. The van der Waals surface area contributed by atoms with Gasteiger partial charge in [-0.05, 0) is 40.2 Å².